The second kappa shape index (κ2) is 3.42. The molecular weight excluding hydrogens is 198 g/mol. The van der Waals surface area contributed by atoms with Gasteiger partial charge in [0.05, 0.1) is 5.54 Å². The number of Topliss-reactive ketones (excluding diaryl/α,β-unsaturated/α-hetero) is 1. The molecule has 0 unspecified atom stereocenters. The number of rotatable bonds is 3. The van der Waals surface area contributed by atoms with E-state index in [2.05, 4.69) is 12.1 Å². The lowest BCUT2D eigenvalue weighted by atomic mass is 9.79. The molecule has 2 aliphatic carbocycles. The highest BCUT2D eigenvalue weighted by molar-refractivity contribution is 6.05. The Hall–Kier alpha value is -1.15. The molecule has 2 heteroatoms. The van der Waals surface area contributed by atoms with Crippen LogP contribution in [0.25, 0.3) is 0 Å². The Balaban J connectivity index is 1.86. The third-order valence-electron chi connectivity index (χ3n) is 3.97. The molecule has 84 valence electrons. The quantitative estimate of drug-likeness (QED) is 0.788. The van der Waals surface area contributed by atoms with E-state index in [4.69, 9.17) is 5.73 Å². The topological polar surface area (TPSA) is 43.1 Å². The summed E-state index contributed by atoms with van der Waals surface area (Å²) >= 11 is 0. The summed E-state index contributed by atoms with van der Waals surface area (Å²) in [5.74, 6) is 0.814. The highest BCUT2D eigenvalue weighted by atomic mass is 16.1. The van der Waals surface area contributed by atoms with E-state index in [0.717, 1.165) is 18.4 Å². The van der Waals surface area contributed by atoms with E-state index in [-0.39, 0.29) is 5.78 Å². The molecule has 0 bridgehead atoms. The van der Waals surface area contributed by atoms with Gasteiger partial charge in [0.25, 0.3) is 0 Å². The van der Waals surface area contributed by atoms with Crippen LogP contribution in [0.15, 0.2) is 24.3 Å². The van der Waals surface area contributed by atoms with Crippen molar-refractivity contribution in [2.24, 2.45) is 5.73 Å². The molecule has 16 heavy (non-hydrogen) atoms. The largest absolute Gasteiger partial charge is 0.319 e. The number of benzene rings is 1. The molecule has 1 aromatic carbocycles. The Morgan fingerprint density at radius 3 is 2.62 bits per heavy atom. The molecule has 0 spiro atoms. The van der Waals surface area contributed by atoms with Gasteiger partial charge in [-0.1, -0.05) is 24.6 Å². The van der Waals surface area contributed by atoms with E-state index in [1.165, 1.54) is 24.8 Å². The number of ketones is 1. The van der Waals surface area contributed by atoms with Gasteiger partial charge in [-0.2, -0.15) is 0 Å². The molecule has 2 fully saturated rings. The standard InChI is InChI=1S/C14H17NO/c15-14(7-8-14)13(16)12-6-2-5-11(9-12)10-3-1-4-10/h2,5-6,9-10H,1,3-4,7-8,15H2. The van der Waals surface area contributed by atoms with Crippen LogP contribution in [-0.2, 0) is 0 Å². The summed E-state index contributed by atoms with van der Waals surface area (Å²) in [4.78, 5) is 12.1. The zero-order chi connectivity index (χ0) is 11.2. The Bertz CT molecular complexity index is 430. The fourth-order valence-electron chi connectivity index (χ4n) is 2.32. The molecule has 2 nitrogen and oxygen atoms in total. The van der Waals surface area contributed by atoms with Gasteiger partial charge in [-0.15, -0.1) is 0 Å². The Kier molecular flexibility index (Phi) is 2.15. The van der Waals surface area contributed by atoms with Crippen molar-refractivity contribution in [3.8, 4) is 0 Å². The summed E-state index contributed by atoms with van der Waals surface area (Å²) in [5.41, 5.74) is 7.55. The SMILES string of the molecule is NC1(C(=O)c2cccc(C3CCC3)c2)CC1. The third-order valence-corrected chi connectivity index (χ3v) is 3.97. The maximum absolute atomic E-state index is 12.1. The molecule has 0 aliphatic heterocycles. The lowest BCUT2D eigenvalue weighted by Gasteiger charge is -2.26. The van der Waals surface area contributed by atoms with E-state index in [0.29, 0.717) is 5.92 Å². The van der Waals surface area contributed by atoms with Crippen molar-refractivity contribution < 1.29 is 4.79 Å². The highest BCUT2D eigenvalue weighted by Crippen LogP contribution is 2.39. The van der Waals surface area contributed by atoms with E-state index in [9.17, 15) is 4.79 Å². The number of carbonyl (C=O) groups is 1. The first-order chi connectivity index (χ1) is 7.69. The predicted molar refractivity (Wildman–Crippen MR) is 63.5 cm³/mol. The van der Waals surface area contributed by atoms with Gasteiger partial charge in [0, 0.05) is 5.56 Å². The molecule has 2 saturated carbocycles. The van der Waals surface area contributed by atoms with Crippen LogP contribution in [0.1, 0.15) is 53.9 Å². The first-order valence-electron chi connectivity index (χ1n) is 6.13. The van der Waals surface area contributed by atoms with Crippen LogP contribution in [0.5, 0.6) is 0 Å². The summed E-state index contributed by atoms with van der Waals surface area (Å²) in [6.45, 7) is 0. The molecule has 0 amide bonds. The van der Waals surface area contributed by atoms with Crippen LogP contribution in [-0.4, -0.2) is 11.3 Å². The van der Waals surface area contributed by atoms with E-state index in [1.807, 2.05) is 12.1 Å². The van der Waals surface area contributed by atoms with E-state index in [1.54, 1.807) is 0 Å². The highest BCUT2D eigenvalue weighted by Gasteiger charge is 2.46. The van der Waals surface area contributed by atoms with Gasteiger partial charge in [-0.3, -0.25) is 4.79 Å². The smallest absolute Gasteiger partial charge is 0.182 e. The van der Waals surface area contributed by atoms with Crippen molar-refractivity contribution in [1.29, 1.82) is 0 Å². The maximum atomic E-state index is 12.1. The van der Waals surface area contributed by atoms with Crippen molar-refractivity contribution in [3.05, 3.63) is 35.4 Å². The van der Waals surface area contributed by atoms with Gasteiger partial charge in [0.2, 0.25) is 0 Å². The molecule has 0 saturated heterocycles. The molecule has 0 aromatic heterocycles. The van der Waals surface area contributed by atoms with Gasteiger partial charge in [-0.25, -0.2) is 0 Å². The van der Waals surface area contributed by atoms with Crippen molar-refractivity contribution in [2.75, 3.05) is 0 Å². The molecule has 0 radical (unpaired) electrons. The minimum absolute atomic E-state index is 0.133. The minimum atomic E-state index is -0.530. The summed E-state index contributed by atoms with van der Waals surface area (Å²) < 4.78 is 0. The average molecular weight is 215 g/mol. The van der Waals surface area contributed by atoms with Crippen LogP contribution >= 0.6 is 0 Å². The zero-order valence-corrected chi connectivity index (χ0v) is 9.41. The summed E-state index contributed by atoms with van der Waals surface area (Å²) in [6, 6.07) is 8.08. The molecule has 2 aliphatic rings. The number of nitrogens with two attached hydrogens (primary N) is 1. The summed E-state index contributed by atoms with van der Waals surface area (Å²) in [7, 11) is 0. The normalized spacial score (nSPS) is 22.6. The van der Waals surface area contributed by atoms with Crippen LogP contribution < -0.4 is 5.73 Å². The van der Waals surface area contributed by atoms with Crippen LogP contribution in [0, 0.1) is 0 Å². The molecule has 0 atom stereocenters. The first-order valence-corrected chi connectivity index (χ1v) is 6.13. The maximum Gasteiger partial charge on any atom is 0.182 e. The number of hydrogen-bond donors (Lipinski definition) is 1. The van der Waals surface area contributed by atoms with Crippen molar-refractivity contribution >= 4 is 5.78 Å². The van der Waals surface area contributed by atoms with Gasteiger partial charge in [0.15, 0.2) is 5.78 Å². The average Bonchev–Trinajstić information content (AvgIpc) is 2.95. The Morgan fingerprint density at radius 2 is 2.06 bits per heavy atom. The van der Waals surface area contributed by atoms with Crippen LogP contribution in [0.3, 0.4) is 0 Å². The third kappa shape index (κ3) is 1.57. The summed E-state index contributed by atoms with van der Waals surface area (Å²) in [5, 5.41) is 0. The first kappa shape index (κ1) is 10.0. The molecule has 2 N–H and O–H groups in total. The van der Waals surface area contributed by atoms with Crippen LogP contribution in [0.4, 0.5) is 0 Å². The predicted octanol–water partition coefficient (Wildman–Crippen LogP) is 2.63. The lowest BCUT2D eigenvalue weighted by Crippen LogP contribution is -2.32. The Labute approximate surface area is 95.8 Å². The fraction of sp³-hybridized carbons (Fsp3) is 0.500. The van der Waals surface area contributed by atoms with Gasteiger partial charge >= 0.3 is 0 Å². The van der Waals surface area contributed by atoms with Gasteiger partial charge in [-0.05, 0) is 43.2 Å². The second-order valence-corrected chi connectivity index (χ2v) is 5.24. The van der Waals surface area contributed by atoms with E-state index >= 15 is 0 Å². The van der Waals surface area contributed by atoms with E-state index < -0.39 is 5.54 Å². The lowest BCUT2D eigenvalue weighted by molar-refractivity contribution is 0.0949. The summed E-state index contributed by atoms with van der Waals surface area (Å²) in [6.07, 6.45) is 5.56. The van der Waals surface area contributed by atoms with Crippen molar-refractivity contribution in [2.45, 2.75) is 43.6 Å². The van der Waals surface area contributed by atoms with Gasteiger partial charge in [0.1, 0.15) is 0 Å². The number of hydrogen-bond acceptors (Lipinski definition) is 2. The monoisotopic (exact) mass is 215 g/mol. The zero-order valence-electron chi connectivity index (χ0n) is 9.41. The fourth-order valence-corrected chi connectivity index (χ4v) is 2.32. The minimum Gasteiger partial charge on any atom is -0.319 e. The van der Waals surface area contributed by atoms with Crippen molar-refractivity contribution in [3.63, 3.8) is 0 Å². The number of carbonyl (C=O) groups excluding carboxylic acids is 1. The molecule has 0 heterocycles. The van der Waals surface area contributed by atoms with Crippen molar-refractivity contribution in [1.82, 2.24) is 0 Å². The van der Waals surface area contributed by atoms with Gasteiger partial charge < -0.3 is 5.73 Å². The Morgan fingerprint density at radius 1 is 1.31 bits per heavy atom. The second-order valence-electron chi connectivity index (χ2n) is 5.24. The molecule has 1 aromatic rings. The molecule has 3 rings (SSSR count). The molecular formula is C14H17NO. The van der Waals surface area contributed by atoms with Crippen LogP contribution in [0.2, 0.25) is 0 Å².